The molecule has 0 fully saturated rings. The van der Waals surface area contributed by atoms with Crippen molar-refractivity contribution in [3.05, 3.63) is 90.4 Å². The Morgan fingerprint density at radius 1 is 0.885 bits per heavy atom. The van der Waals surface area contributed by atoms with Crippen LogP contribution in [0.1, 0.15) is 10.6 Å². The normalized spacial score (nSPS) is 10.8. The van der Waals surface area contributed by atoms with Gasteiger partial charge in [0.25, 0.3) is 5.91 Å². The lowest BCUT2D eigenvalue weighted by Crippen LogP contribution is -2.25. The van der Waals surface area contributed by atoms with Gasteiger partial charge in [0.15, 0.2) is 5.76 Å². The topological polar surface area (TPSA) is 33.5 Å². The third kappa shape index (κ3) is 2.75. The van der Waals surface area contributed by atoms with Gasteiger partial charge in [-0.15, -0.1) is 0 Å². The zero-order valence-corrected chi connectivity index (χ0v) is 14.1. The summed E-state index contributed by atoms with van der Waals surface area (Å²) in [6.45, 7) is 0. The van der Waals surface area contributed by atoms with Gasteiger partial charge in [-0.3, -0.25) is 4.79 Å². The van der Waals surface area contributed by atoms with Crippen LogP contribution in [0.15, 0.2) is 83.3 Å². The number of benzene rings is 3. The highest BCUT2D eigenvalue weighted by Crippen LogP contribution is 2.29. The number of fused-ring (bicyclic) bond motifs is 1. The van der Waals surface area contributed by atoms with Crippen molar-refractivity contribution < 1.29 is 13.6 Å². The molecule has 4 aromatic rings. The molecule has 1 aromatic heterocycles. The first-order valence-electron chi connectivity index (χ1n) is 8.26. The molecule has 0 saturated heterocycles. The zero-order chi connectivity index (χ0) is 18.1. The average Bonchev–Trinajstić information content (AvgIpc) is 3.16. The van der Waals surface area contributed by atoms with Gasteiger partial charge >= 0.3 is 0 Å². The summed E-state index contributed by atoms with van der Waals surface area (Å²) in [4.78, 5) is 14.4. The van der Waals surface area contributed by atoms with Crippen LogP contribution in [0.2, 0.25) is 0 Å². The number of carbonyl (C=O) groups is 1. The Hall–Kier alpha value is -3.40. The van der Waals surface area contributed by atoms with Gasteiger partial charge in [-0.1, -0.05) is 48.5 Å². The molecule has 0 atom stereocenters. The van der Waals surface area contributed by atoms with Crippen molar-refractivity contribution in [3.8, 4) is 11.3 Å². The highest BCUT2D eigenvalue weighted by Gasteiger charge is 2.20. The number of amides is 1. The van der Waals surface area contributed by atoms with E-state index in [1.165, 1.54) is 6.07 Å². The van der Waals surface area contributed by atoms with Crippen LogP contribution in [0.25, 0.3) is 22.1 Å². The number of carbonyl (C=O) groups excluding carboxylic acids is 1. The van der Waals surface area contributed by atoms with Crippen LogP contribution in [-0.2, 0) is 0 Å². The van der Waals surface area contributed by atoms with Crippen LogP contribution in [0.4, 0.5) is 10.1 Å². The lowest BCUT2D eigenvalue weighted by molar-refractivity contribution is 0.0967. The number of furan rings is 1. The van der Waals surface area contributed by atoms with Crippen LogP contribution < -0.4 is 4.90 Å². The van der Waals surface area contributed by atoms with Crippen LogP contribution >= 0.6 is 0 Å². The number of hydrogen-bond acceptors (Lipinski definition) is 2. The fourth-order valence-corrected chi connectivity index (χ4v) is 3.03. The predicted molar refractivity (Wildman–Crippen MR) is 101 cm³/mol. The largest absolute Gasteiger partial charge is 0.451 e. The van der Waals surface area contributed by atoms with E-state index in [1.807, 2.05) is 42.5 Å². The molecule has 1 heterocycles. The van der Waals surface area contributed by atoms with E-state index in [-0.39, 0.29) is 17.5 Å². The Kier molecular flexibility index (Phi) is 4.01. The lowest BCUT2D eigenvalue weighted by Gasteiger charge is -2.18. The maximum atomic E-state index is 13.9. The molecule has 0 unspecified atom stereocenters. The molecular formula is C22H16FNO2. The summed E-state index contributed by atoms with van der Waals surface area (Å²) in [5.74, 6) is -0.177. The molecule has 0 N–H and O–H groups in total. The lowest BCUT2D eigenvalue weighted by atomic mass is 10.1. The Morgan fingerprint density at radius 2 is 1.62 bits per heavy atom. The molecule has 3 aromatic carbocycles. The van der Waals surface area contributed by atoms with Crippen molar-refractivity contribution in [1.82, 2.24) is 0 Å². The molecule has 0 spiro atoms. The van der Waals surface area contributed by atoms with E-state index in [0.717, 1.165) is 16.5 Å². The van der Waals surface area contributed by atoms with Gasteiger partial charge in [-0.25, -0.2) is 4.39 Å². The SMILES string of the molecule is CN(C(=O)c1ccc(-c2ccccc2F)o1)c1cccc2ccccc12. The summed E-state index contributed by atoms with van der Waals surface area (Å²) < 4.78 is 19.6. The Labute approximate surface area is 150 Å². The van der Waals surface area contributed by atoms with Gasteiger partial charge in [0.2, 0.25) is 0 Å². The maximum Gasteiger partial charge on any atom is 0.293 e. The molecule has 3 nitrogen and oxygen atoms in total. The third-order valence-electron chi connectivity index (χ3n) is 4.39. The molecule has 1 amide bonds. The second kappa shape index (κ2) is 6.48. The van der Waals surface area contributed by atoms with E-state index >= 15 is 0 Å². The maximum absolute atomic E-state index is 13.9. The zero-order valence-electron chi connectivity index (χ0n) is 14.1. The van der Waals surface area contributed by atoms with E-state index in [2.05, 4.69) is 0 Å². The molecule has 4 rings (SSSR count). The number of rotatable bonds is 3. The summed E-state index contributed by atoms with van der Waals surface area (Å²) in [5.41, 5.74) is 1.12. The molecule has 0 bridgehead atoms. The predicted octanol–water partition coefficient (Wildman–Crippen LogP) is 5.52. The minimum atomic E-state index is -0.386. The molecular weight excluding hydrogens is 329 g/mol. The summed E-state index contributed by atoms with van der Waals surface area (Å²) in [7, 11) is 1.70. The van der Waals surface area contributed by atoms with Gasteiger partial charge in [0.1, 0.15) is 11.6 Å². The first kappa shape index (κ1) is 16.1. The minimum absolute atomic E-state index is 0.165. The summed E-state index contributed by atoms with van der Waals surface area (Å²) in [6, 6.07) is 23.2. The first-order chi connectivity index (χ1) is 12.6. The van der Waals surface area contributed by atoms with Crippen LogP contribution in [0.3, 0.4) is 0 Å². The van der Waals surface area contributed by atoms with Gasteiger partial charge in [-0.2, -0.15) is 0 Å². The van der Waals surface area contributed by atoms with Crippen molar-refractivity contribution in [1.29, 1.82) is 0 Å². The van der Waals surface area contributed by atoms with Crippen molar-refractivity contribution >= 4 is 22.4 Å². The number of hydrogen-bond donors (Lipinski definition) is 0. The van der Waals surface area contributed by atoms with Crippen molar-refractivity contribution in [2.45, 2.75) is 0 Å². The van der Waals surface area contributed by atoms with Gasteiger partial charge in [-0.05, 0) is 35.7 Å². The third-order valence-corrected chi connectivity index (χ3v) is 4.39. The van der Waals surface area contributed by atoms with E-state index in [4.69, 9.17) is 4.42 Å². The van der Waals surface area contributed by atoms with Crippen LogP contribution in [0, 0.1) is 5.82 Å². The van der Waals surface area contributed by atoms with Gasteiger partial charge < -0.3 is 9.32 Å². The highest BCUT2D eigenvalue weighted by molar-refractivity contribution is 6.09. The summed E-state index contributed by atoms with van der Waals surface area (Å²) in [6.07, 6.45) is 0. The van der Waals surface area contributed by atoms with Crippen LogP contribution in [0.5, 0.6) is 0 Å². The smallest absolute Gasteiger partial charge is 0.293 e. The monoisotopic (exact) mass is 345 g/mol. The van der Waals surface area contributed by atoms with Crippen molar-refractivity contribution in [2.75, 3.05) is 11.9 Å². The fraction of sp³-hybridized carbons (Fsp3) is 0.0455. The molecule has 128 valence electrons. The Morgan fingerprint density at radius 3 is 2.46 bits per heavy atom. The molecule has 4 heteroatoms. The quantitative estimate of drug-likeness (QED) is 0.490. The highest BCUT2D eigenvalue weighted by atomic mass is 19.1. The van der Waals surface area contributed by atoms with Crippen LogP contribution in [-0.4, -0.2) is 13.0 Å². The van der Waals surface area contributed by atoms with Crippen molar-refractivity contribution in [2.24, 2.45) is 0 Å². The second-order valence-electron chi connectivity index (χ2n) is 6.01. The first-order valence-corrected chi connectivity index (χ1v) is 8.26. The van der Waals surface area contributed by atoms with Gasteiger partial charge in [0.05, 0.1) is 11.3 Å². The van der Waals surface area contributed by atoms with E-state index in [0.29, 0.717) is 11.3 Å². The van der Waals surface area contributed by atoms with Crippen molar-refractivity contribution in [3.63, 3.8) is 0 Å². The van der Waals surface area contributed by atoms with E-state index in [1.54, 1.807) is 42.3 Å². The second-order valence-corrected chi connectivity index (χ2v) is 6.01. The molecule has 0 aliphatic carbocycles. The summed E-state index contributed by atoms with van der Waals surface area (Å²) >= 11 is 0. The molecule has 0 saturated carbocycles. The number of nitrogens with zero attached hydrogens (tertiary/aromatic N) is 1. The fourth-order valence-electron chi connectivity index (χ4n) is 3.03. The minimum Gasteiger partial charge on any atom is -0.451 e. The molecule has 0 aliphatic rings. The Bertz CT molecular complexity index is 1090. The molecule has 0 radical (unpaired) electrons. The van der Waals surface area contributed by atoms with E-state index in [9.17, 15) is 9.18 Å². The average molecular weight is 345 g/mol. The number of halogens is 1. The standard InChI is InChI=1S/C22H16FNO2/c1-24(19-12-6-8-15-7-2-3-9-16(15)19)22(25)21-14-13-20(26-21)17-10-4-5-11-18(17)23/h2-14H,1H3. The molecule has 0 aliphatic heterocycles. The summed E-state index contributed by atoms with van der Waals surface area (Å²) in [5, 5.41) is 2.03. The molecule has 26 heavy (non-hydrogen) atoms. The number of anilines is 1. The Balaban J connectivity index is 1.69. The van der Waals surface area contributed by atoms with Gasteiger partial charge in [0, 0.05) is 12.4 Å². The van der Waals surface area contributed by atoms with E-state index < -0.39 is 0 Å².